The highest BCUT2D eigenvalue weighted by Crippen LogP contribution is 2.35. The zero-order chi connectivity index (χ0) is 12.2. The number of nitrogens with one attached hydrogen (secondary N) is 2. The first kappa shape index (κ1) is 13.3. The minimum Gasteiger partial charge on any atom is -0.338 e. The Bertz CT molecular complexity index is 233. The lowest BCUT2D eigenvalue weighted by Crippen LogP contribution is -2.40. The van der Waals surface area contributed by atoms with Crippen molar-refractivity contribution in [3.05, 3.63) is 0 Å². The summed E-state index contributed by atoms with van der Waals surface area (Å²) in [6.07, 6.45) is 4.81. The van der Waals surface area contributed by atoms with Crippen LogP contribution in [0.15, 0.2) is 0 Å². The summed E-state index contributed by atoms with van der Waals surface area (Å²) in [7, 11) is 0. The van der Waals surface area contributed by atoms with E-state index >= 15 is 0 Å². The molecule has 2 unspecified atom stereocenters. The molecule has 0 aromatic carbocycles. The van der Waals surface area contributed by atoms with Crippen molar-refractivity contribution >= 4 is 6.03 Å². The first-order chi connectivity index (χ1) is 7.40. The van der Waals surface area contributed by atoms with Crippen LogP contribution in [0.5, 0.6) is 0 Å². The third-order valence-corrected chi connectivity index (χ3v) is 3.11. The lowest BCUT2D eigenvalue weighted by molar-refractivity contribution is 0.236. The van der Waals surface area contributed by atoms with Crippen LogP contribution >= 0.6 is 0 Å². The van der Waals surface area contributed by atoms with Crippen LogP contribution in [0.1, 0.15) is 53.4 Å². The average molecular weight is 226 g/mol. The topological polar surface area (TPSA) is 41.1 Å². The minimum atomic E-state index is -0.0103. The number of hydrogen-bond donors (Lipinski definition) is 2. The summed E-state index contributed by atoms with van der Waals surface area (Å²) in [4.78, 5) is 11.4. The van der Waals surface area contributed by atoms with Gasteiger partial charge in [0.2, 0.25) is 0 Å². The smallest absolute Gasteiger partial charge is 0.314 e. The van der Waals surface area contributed by atoms with E-state index in [1.54, 1.807) is 0 Å². The highest BCUT2D eigenvalue weighted by molar-refractivity contribution is 5.74. The van der Waals surface area contributed by atoms with Crippen LogP contribution < -0.4 is 10.6 Å². The average Bonchev–Trinajstić information content (AvgIpc) is 2.49. The summed E-state index contributed by atoms with van der Waals surface area (Å²) in [6, 6.07) is 0.378. The van der Waals surface area contributed by atoms with E-state index in [2.05, 4.69) is 31.4 Å². The van der Waals surface area contributed by atoms with Gasteiger partial charge in [0.1, 0.15) is 0 Å². The van der Waals surface area contributed by atoms with Crippen LogP contribution in [0.3, 0.4) is 0 Å². The molecule has 0 aliphatic heterocycles. The summed E-state index contributed by atoms with van der Waals surface area (Å²) in [6.45, 7) is 9.51. The van der Waals surface area contributed by atoms with Crippen LogP contribution in [0.2, 0.25) is 0 Å². The van der Waals surface area contributed by atoms with E-state index < -0.39 is 0 Å². The fourth-order valence-corrected chi connectivity index (χ4v) is 2.65. The van der Waals surface area contributed by atoms with Crippen LogP contribution in [-0.2, 0) is 0 Å². The van der Waals surface area contributed by atoms with E-state index in [0.717, 1.165) is 18.8 Å². The highest BCUT2D eigenvalue weighted by Gasteiger charge is 2.28. The quantitative estimate of drug-likeness (QED) is 0.763. The van der Waals surface area contributed by atoms with Gasteiger partial charge in [-0.05, 0) is 43.9 Å². The van der Waals surface area contributed by atoms with Crippen molar-refractivity contribution in [3.8, 4) is 0 Å². The zero-order valence-corrected chi connectivity index (χ0v) is 11.1. The standard InChI is InChI=1S/C13H26N2O/c1-5-14-12(16)15-11-7-6-10(8-11)9-13(2,3)4/h10-11H,5-9H2,1-4H3,(H2,14,15,16). The van der Waals surface area contributed by atoms with E-state index in [0.29, 0.717) is 18.0 Å². The van der Waals surface area contributed by atoms with E-state index in [-0.39, 0.29) is 6.03 Å². The van der Waals surface area contributed by atoms with Gasteiger partial charge in [-0.15, -0.1) is 0 Å². The Labute approximate surface area is 99.4 Å². The number of amides is 2. The molecule has 3 heteroatoms. The molecule has 1 aliphatic rings. The third-order valence-electron chi connectivity index (χ3n) is 3.11. The fourth-order valence-electron chi connectivity index (χ4n) is 2.65. The molecule has 94 valence electrons. The Morgan fingerprint density at radius 3 is 2.56 bits per heavy atom. The van der Waals surface area contributed by atoms with Crippen LogP contribution in [0.25, 0.3) is 0 Å². The third kappa shape index (κ3) is 4.86. The molecule has 0 bridgehead atoms. The molecule has 0 aromatic rings. The molecule has 2 amide bonds. The number of hydrogen-bond acceptors (Lipinski definition) is 1. The van der Waals surface area contributed by atoms with Crippen molar-refractivity contribution in [1.82, 2.24) is 10.6 Å². The summed E-state index contributed by atoms with van der Waals surface area (Å²) in [5.41, 5.74) is 0.408. The van der Waals surface area contributed by atoms with Crippen LogP contribution in [0.4, 0.5) is 4.79 Å². The molecule has 16 heavy (non-hydrogen) atoms. The maximum absolute atomic E-state index is 11.4. The van der Waals surface area contributed by atoms with E-state index in [4.69, 9.17) is 0 Å². The van der Waals surface area contributed by atoms with Gasteiger partial charge in [0.15, 0.2) is 0 Å². The minimum absolute atomic E-state index is 0.0103. The molecule has 2 N–H and O–H groups in total. The Morgan fingerprint density at radius 1 is 1.31 bits per heavy atom. The largest absolute Gasteiger partial charge is 0.338 e. The Kier molecular flexibility index (Phi) is 4.63. The summed E-state index contributed by atoms with van der Waals surface area (Å²) < 4.78 is 0. The number of rotatable bonds is 3. The fraction of sp³-hybridized carbons (Fsp3) is 0.923. The summed E-state index contributed by atoms with van der Waals surface area (Å²) in [5, 5.41) is 5.83. The summed E-state index contributed by atoms with van der Waals surface area (Å²) >= 11 is 0. The predicted molar refractivity (Wildman–Crippen MR) is 67.4 cm³/mol. The van der Waals surface area contributed by atoms with Crippen molar-refractivity contribution in [2.24, 2.45) is 11.3 Å². The molecule has 0 aromatic heterocycles. The molecule has 1 aliphatic carbocycles. The second kappa shape index (κ2) is 5.55. The molecule has 2 atom stereocenters. The maximum Gasteiger partial charge on any atom is 0.314 e. The van der Waals surface area contributed by atoms with Gasteiger partial charge in [-0.2, -0.15) is 0 Å². The number of urea groups is 1. The SMILES string of the molecule is CCNC(=O)NC1CCC(CC(C)(C)C)C1. The van der Waals surface area contributed by atoms with Gasteiger partial charge in [0.05, 0.1) is 0 Å². The second-order valence-electron chi connectivity index (χ2n) is 6.14. The van der Waals surface area contributed by atoms with Crippen molar-refractivity contribution in [1.29, 1.82) is 0 Å². The molecular formula is C13H26N2O. The lowest BCUT2D eigenvalue weighted by Gasteiger charge is -2.23. The van der Waals surface area contributed by atoms with E-state index in [9.17, 15) is 4.79 Å². The Balaban J connectivity index is 2.27. The zero-order valence-electron chi connectivity index (χ0n) is 11.1. The highest BCUT2D eigenvalue weighted by atomic mass is 16.2. The van der Waals surface area contributed by atoms with Gasteiger partial charge in [0, 0.05) is 12.6 Å². The van der Waals surface area contributed by atoms with Gasteiger partial charge in [-0.25, -0.2) is 4.79 Å². The van der Waals surface area contributed by atoms with Crippen LogP contribution in [0, 0.1) is 11.3 Å². The van der Waals surface area contributed by atoms with Gasteiger partial charge in [-0.3, -0.25) is 0 Å². The maximum atomic E-state index is 11.4. The van der Waals surface area contributed by atoms with Gasteiger partial charge in [-0.1, -0.05) is 20.8 Å². The first-order valence-corrected chi connectivity index (χ1v) is 6.45. The number of carbonyl (C=O) groups is 1. The molecule has 0 heterocycles. The summed E-state index contributed by atoms with van der Waals surface area (Å²) in [5.74, 6) is 0.784. The van der Waals surface area contributed by atoms with Crippen molar-refractivity contribution in [3.63, 3.8) is 0 Å². The molecule has 1 saturated carbocycles. The van der Waals surface area contributed by atoms with Crippen molar-refractivity contribution in [2.75, 3.05) is 6.54 Å². The van der Waals surface area contributed by atoms with Gasteiger partial charge < -0.3 is 10.6 Å². The molecule has 1 rings (SSSR count). The molecular weight excluding hydrogens is 200 g/mol. The van der Waals surface area contributed by atoms with Crippen LogP contribution in [-0.4, -0.2) is 18.6 Å². The molecule has 1 fully saturated rings. The molecule has 3 nitrogen and oxygen atoms in total. The first-order valence-electron chi connectivity index (χ1n) is 6.45. The van der Waals surface area contributed by atoms with Gasteiger partial charge in [0.25, 0.3) is 0 Å². The monoisotopic (exact) mass is 226 g/mol. The van der Waals surface area contributed by atoms with Crippen molar-refractivity contribution < 1.29 is 4.79 Å². The van der Waals surface area contributed by atoms with E-state index in [1.165, 1.54) is 12.8 Å². The lowest BCUT2D eigenvalue weighted by atomic mass is 9.84. The predicted octanol–water partition coefficient (Wildman–Crippen LogP) is 2.91. The molecule has 0 spiro atoms. The molecule has 0 saturated heterocycles. The van der Waals surface area contributed by atoms with Crippen molar-refractivity contribution in [2.45, 2.75) is 59.4 Å². The van der Waals surface area contributed by atoms with Gasteiger partial charge >= 0.3 is 6.03 Å². The Hall–Kier alpha value is -0.730. The van der Waals surface area contributed by atoms with E-state index in [1.807, 2.05) is 6.92 Å². The second-order valence-corrected chi connectivity index (χ2v) is 6.14. The Morgan fingerprint density at radius 2 is 2.00 bits per heavy atom. The molecule has 0 radical (unpaired) electrons. The number of carbonyl (C=O) groups excluding carboxylic acids is 1. The normalized spacial score (nSPS) is 25.5.